The van der Waals surface area contributed by atoms with Crippen molar-refractivity contribution in [3.8, 4) is 0 Å². The highest BCUT2D eigenvalue weighted by molar-refractivity contribution is 7.85. The highest BCUT2D eigenvalue weighted by Gasteiger charge is 2.30. The van der Waals surface area contributed by atoms with Gasteiger partial charge in [-0.15, -0.1) is 0 Å². The Morgan fingerprint density at radius 2 is 2.05 bits per heavy atom. The van der Waals surface area contributed by atoms with Crippen LogP contribution in [0, 0.1) is 0 Å². The summed E-state index contributed by atoms with van der Waals surface area (Å²) in [6.07, 6.45) is -3.67. The fraction of sp³-hybridized carbons (Fsp3) is 0.500. The molecule has 2 atom stereocenters. The third-order valence-corrected chi connectivity index (χ3v) is 4.50. The lowest BCUT2D eigenvalue weighted by Crippen LogP contribution is -2.36. The average Bonchev–Trinajstić information content (AvgIpc) is 2.43. The molecule has 0 aliphatic carbocycles. The maximum atomic E-state index is 12.6. The van der Waals surface area contributed by atoms with Gasteiger partial charge in [-0.05, 0) is 25.0 Å². The molecule has 1 amide bonds. The Kier molecular flexibility index (Phi) is 6.39. The highest BCUT2D eigenvalue weighted by atomic mass is 32.2. The van der Waals surface area contributed by atoms with Gasteiger partial charge >= 0.3 is 6.18 Å². The van der Waals surface area contributed by atoms with Crippen LogP contribution in [0.15, 0.2) is 24.3 Å². The van der Waals surface area contributed by atoms with E-state index >= 15 is 0 Å². The summed E-state index contributed by atoms with van der Waals surface area (Å²) in [6.45, 7) is 3.89. The lowest BCUT2D eigenvalue weighted by molar-refractivity contribution is -0.137. The summed E-state index contributed by atoms with van der Waals surface area (Å²) in [6, 6.07) is 4.68. The van der Waals surface area contributed by atoms with Gasteiger partial charge in [0.2, 0.25) is 5.91 Å². The van der Waals surface area contributed by atoms with Crippen molar-refractivity contribution in [3.63, 3.8) is 0 Å². The van der Waals surface area contributed by atoms with Gasteiger partial charge in [0.25, 0.3) is 0 Å². The van der Waals surface area contributed by atoms with E-state index in [0.29, 0.717) is 12.1 Å². The number of benzene rings is 1. The van der Waals surface area contributed by atoms with Crippen LogP contribution in [-0.4, -0.2) is 21.9 Å². The van der Waals surface area contributed by atoms with Gasteiger partial charge in [-0.25, -0.2) is 0 Å². The van der Waals surface area contributed by atoms with Gasteiger partial charge in [0.1, 0.15) is 5.25 Å². The van der Waals surface area contributed by atoms with E-state index in [2.05, 4.69) is 5.32 Å². The molecule has 0 aromatic heterocycles. The monoisotopic (exact) mass is 321 g/mol. The van der Waals surface area contributed by atoms with Gasteiger partial charge in [-0.2, -0.15) is 13.2 Å². The molecular weight excluding hydrogens is 303 g/mol. The molecule has 0 bridgehead atoms. The van der Waals surface area contributed by atoms with Gasteiger partial charge < -0.3 is 5.32 Å². The summed E-state index contributed by atoms with van der Waals surface area (Å²) in [5.74, 6) is -0.424. The van der Waals surface area contributed by atoms with Gasteiger partial charge in [0, 0.05) is 23.1 Å². The first-order valence-electron chi connectivity index (χ1n) is 6.56. The van der Waals surface area contributed by atoms with E-state index in [-0.39, 0.29) is 11.7 Å². The second kappa shape index (κ2) is 7.59. The molecule has 3 nitrogen and oxygen atoms in total. The fourth-order valence-electron chi connectivity index (χ4n) is 1.64. The average molecular weight is 321 g/mol. The molecule has 118 valence electrons. The lowest BCUT2D eigenvalue weighted by Gasteiger charge is -2.13. The van der Waals surface area contributed by atoms with Crippen LogP contribution in [0.4, 0.5) is 13.2 Å². The summed E-state index contributed by atoms with van der Waals surface area (Å²) < 4.78 is 49.8. The first-order chi connectivity index (χ1) is 9.75. The molecule has 1 aromatic rings. The second-order valence-corrected chi connectivity index (χ2v) is 6.41. The minimum atomic E-state index is -4.43. The molecule has 0 saturated heterocycles. The Morgan fingerprint density at radius 1 is 1.38 bits per heavy atom. The number of carbonyl (C=O) groups excluding carboxylic acids is 1. The van der Waals surface area contributed by atoms with Crippen LogP contribution < -0.4 is 5.32 Å². The zero-order chi connectivity index (χ0) is 16.0. The normalized spacial score (nSPS) is 14.5. The quantitative estimate of drug-likeness (QED) is 0.876. The van der Waals surface area contributed by atoms with E-state index in [9.17, 15) is 22.2 Å². The minimum absolute atomic E-state index is 0.0787. The summed E-state index contributed by atoms with van der Waals surface area (Å²) in [7, 11) is -1.56. The van der Waals surface area contributed by atoms with Gasteiger partial charge in [0.15, 0.2) is 0 Å². The fourth-order valence-corrected chi connectivity index (χ4v) is 2.72. The van der Waals surface area contributed by atoms with Crippen molar-refractivity contribution in [2.75, 3.05) is 6.54 Å². The molecule has 0 unspecified atom stereocenters. The van der Waals surface area contributed by atoms with Gasteiger partial charge in [0.05, 0.1) is 5.56 Å². The van der Waals surface area contributed by atoms with Crippen molar-refractivity contribution in [2.45, 2.75) is 37.4 Å². The first kappa shape index (κ1) is 17.7. The van der Waals surface area contributed by atoms with Crippen LogP contribution in [0.2, 0.25) is 0 Å². The Labute approximate surface area is 124 Å². The third kappa shape index (κ3) is 5.49. The standard InChI is InChI=1S/C14H18F3NO2S/c1-3-7-18-13(19)10(2)21(20)9-11-5-4-6-12(8-11)14(15,16)17/h4-6,8,10H,3,7,9H2,1-2H3,(H,18,19)/t10-,21+/m0/s1. The maximum Gasteiger partial charge on any atom is 0.416 e. The predicted octanol–water partition coefficient (Wildman–Crippen LogP) is 2.87. The summed E-state index contributed by atoms with van der Waals surface area (Å²) in [4.78, 5) is 11.7. The topological polar surface area (TPSA) is 46.2 Å². The molecule has 0 heterocycles. The van der Waals surface area contributed by atoms with Crippen molar-refractivity contribution in [1.82, 2.24) is 5.32 Å². The smallest absolute Gasteiger partial charge is 0.355 e. The van der Waals surface area contributed by atoms with Crippen LogP contribution in [-0.2, 0) is 27.5 Å². The SMILES string of the molecule is CCCNC(=O)[C@H](C)[S@](=O)Cc1cccc(C(F)(F)F)c1. The zero-order valence-corrected chi connectivity index (χ0v) is 12.7. The second-order valence-electron chi connectivity index (χ2n) is 4.66. The van der Waals surface area contributed by atoms with Crippen LogP contribution in [0.1, 0.15) is 31.4 Å². The van der Waals surface area contributed by atoms with Crippen molar-refractivity contribution in [2.24, 2.45) is 0 Å². The first-order valence-corrected chi connectivity index (χ1v) is 7.95. The molecular formula is C14H18F3NO2S. The number of rotatable bonds is 6. The van der Waals surface area contributed by atoms with E-state index in [1.165, 1.54) is 19.1 Å². The van der Waals surface area contributed by atoms with E-state index < -0.39 is 27.8 Å². The number of halogens is 3. The third-order valence-electron chi connectivity index (χ3n) is 2.88. The number of amides is 1. The summed E-state index contributed by atoms with van der Waals surface area (Å²) in [5, 5.41) is 1.86. The molecule has 21 heavy (non-hydrogen) atoms. The molecule has 0 fully saturated rings. The molecule has 1 N–H and O–H groups in total. The van der Waals surface area contributed by atoms with E-state index in [0.717, 1.165) is 18.6 Å². The maximum absolute atomic E-state index is 12.6. The Hall–Kier alpha value is -1.37. The largest absolute Gasteiger partial charge is 0.416 e. The van der Waals surface area contributed by atoms with Crippen molar-refractivity contribution in [1.29, 1.82) is 0 Å². The van der Waals surface area contributed by atoms with Gasteiger partial charge in [-0.3, -0.25) is 9.00 Å². The van der Waals surface area contributed by atoms with Gasteiger partial charge in [-0.1, -0.05) is 25.1 Å². The molecule has 1 aromatic carbocycles. The molecule has 1 rings (SSSR count). The molecule has 7 heteroatoms. The number of hydrogen-bond donors (Lipinski definition) is 1. The summed E-state index contributed by atoms with van der Waals surface area (Å²) in [5.41, 5.74) is -0.474. The minimum Gasteiger partial charge on any atom is -0.355 e. The number of hydrogen-bond acceptors (Lipinski definition) is 2. The van der Waals surface area contributed by atoms with Crippen LogP contribution in [0.5, 0.6) is 0 Å². The molecule has 0 saturated carbocycles. The Morgan fingerprint density at radius 3 is 2.62 bits per heavy atom. The van der Waals surface area contributed by atoms with Crippen LogP contribution in [0.3, 0.4) is 0 Å². The molecule has 0 aliphatic rings. The molecule has 0 radical (unpaired) electrons. The van der Waals surface area contributed by atoms with Crippen molar-refractivity contribution < 1.29 is 22.2 Å². The van der Waals surface area contributed by atoms with Crippen LogP contribution >= 0.6 is 0 Å². The zero-order valence-electron chi connectivity index (χ0n) is 11.9. The lowest BCUT2D eigenvalue weighted by atomic mass is 10.1. The van der Waals surface area contributed by atoms with Crippen molar-refractivity contribution in [3.05, 3.63) is 35.4 Å². The number of nitrogens with one attached hydrogen (secondary N) is 1. The number of carbonyl (C=O) groups is 1. The Bertz CT molecular complexity index is 517. The van der Waals surface area contributed by atoms with Crippen molar-refractivity contribution >= 4 is 16.7 Å². The Balaban J connectivity index is 2.73. The number of alkyl halides is 3. The summed E-state index contributed by atoms with van der Waals surface area (Å²) >= 11 is 0. The predicted molar refractivity (Wildman–Crippen MR) is 76.1 cm³/mol. The molecule has 0 aliphatic heterocycles. The van der Waals surface area contributed by atoms with E-state index in [1.54, 1.807) is 0 Å². The van der Waals surface area contributed by atoms with E-state index in [4.69, 9.17) is 0 Å². The molecule has 0 spiro atoms. The van der Waals surface area contributed by atoms with Crippen LogP contribution in [0.25, 0.3) is 0 Å². The van der Waals surface area contributed by atoms with E-state index in [1.807, 2.05) is 6.92 Å². The highest BCUT2D eigenvalue weighted by Crippen LogP contribution is 2.29.